The summed E-state index contributed by atoms with van der Waals surface area (Å²) in [4.78, 5) is 30.1. The lowest BCUT2D eigenvalue weighted by Gasteiger charge is -2.37. The number of carbonyl (C=O) groups excluding carboxylic acids is 1. The van der Waals surface area contributed by atoms with Gasteiger partial charge in [0.05, 0.1) is 0 Å². The Bertz CT molecular complexity index is 527. The molecule has 7 nitrogen and oxygen atoms in total. The molecule has 0 aromatic carbocycles. The molecule has 1 aliphatic heterocycles. The van der Waals surface area contributed by atoms with Crippen LogP contribution in [0.3, 0.4) is 0 Å². The number of aromatic nitrogens is 1. The first-order chi connectivity index (χ1) is 9.97. The van der Waals surface area contributed by atoms with E-state index < -0.39 is 6.09 Å². The SMILES string of the molecule is CC(=O)N1CCN(C(C)c2ccnc(NC(=O)O)c2)CC1. The highest BCUT2D eigenvalue weighted by Gasteiger charge is 2.23. The number of piperazine rings is 1. The summed E-state index contributed by atoms with van der Waals surface area (Å²) in [5.74, 6) is 0.438. The molecule has 0 aliphatic carbocycles. The molecule has 7 heteroatoms. The summed E-state index contributed by atoms with van der Waals surface area (Å²) < 4.78 is 0. The number of hydrogen-bond acceptors (Lipinski definition) is 4. The highest BCUT2D eigenvalue weighted by Crippen LogP contribution is 2.23. The van der Waals surface area contributed by atoms with Gasteiger partial charge in [-0.05, 0) is 24.6 Å². The maximum absolute atomic E-state index is 11.3. The van der Waals surface area contributed by atoms with Crippen LogP contribution in [0.15, 0.2) is 18.3 Å². The van der Waals surface area contributed by atoms with Gasteiger partial charge in [0, 0.05) is 45.3 Å². The fourth-order valence-electron chi connectivity index (χ4n) is 2.52. The number of nitrogens with one attached hydrogen (secondary N) is 1. The lowest BCUT2D eigenvalue weighted by atomic mass is 10.1. The summed E-state index contributed by atoms with van der Waals surface area (Å²) in [7, 11) is 0. The Morgan fingerprint density at radius 1 is 1.33 bits per heavy atom. The van der Waals surface area contributed by atoms with Crippen molar-refractivity contribution in [2.24, 2.45) is 0 Å². The van der Waals surface area contributed by atoms with Crippen LogP contribution in [0.4, 0.5) is 10.6 Å². The number of anilines is 1. The first-order valence-electron chi connectivity index (χ1n) is 6.93. The molecule has 21 heavy (non-hydrogen) atoms. The van der Waals surface area contributed by atoms with Crippen molar-refractivity contribution < 1.29 is 14.7 Å². The standard InChI is InChI=1S/C14H20N4O3/c1-10(17-5-7-18(8-6-17)11(2)19)12-3-4-15-13(9-12)16-14(20)21/h3-4,9-10H,5-8H2,1-2H3,(H,15,16)(H,20,21). The van der Waals surface area contributed by atoms with Gasteiger partial charge >= 0.3 is 6.09 Å². The number of amides is 2. The van der Waals surface area contributed by atoms with E-state index in [1.54, 1.807) is 19.2 Å². The topological polar surface area (TPSA) is 85.8 Å². The van der Waals surface area contributed by atoms with Crippen molar-refractivity contribution in [3.8, 4) is 0 Å². The number of carboxylic acid groups (broad SMARTS) is 1. The minimum atomic E-state index is -1.12. The molecule has 1 aromatic heterocycles. The van der Waals surface area contributed by atoms with Crippen molar-refractivity contribution in [1.29, 1.82) is 0 Å². The van der Waals surface area contributed by atoms with Gasteiger partial charge in [-0.1, -0.05) is 0 Å². The summed E-state index contributed by atoms with van der Waals surface area (Å²) in [5.41, 5.74) is 1.00. The number of hydrogen-bond donors (Lipinski definition) is 2. The molecule has 2 heterocycles. The van der Waals surface area contributed by atoms with Gasteiger partial charge in [0.1, 0.15) is 5.82 Å². The first kappa shape index (κ1) is 15.2. The van der Waals surface area contributed by atoms with Gasteiger partial charge in [-0.25, -0.2) is 9.78 Å². The smallest absolute Gasteiger partial charge is 0.410 e. The molecule has 1 fully saturated rings. The fourth-order valence-corrected chi connectivity index (χ4v) is 2.52. The molecule has 0 bridgehead atoms. The molecule has 2 amide bonds. The van der Waals surface area contributed by atoms with Gasteiger partial charge in [-0.15, -0.1) is 0 Å². The highest BCUT2D eigenvalue weighted by molar-refractivity contribution is 5.81. The number of rotatable bonds is 3. The van der Waals surface area contributed by atoms with Gasteiger partial charge in [-0.2, -0.15) is 0 Å². The minimum absolute atomic E-state index is 0.110. The van der Waals surface area contributed by atoms with Gasteiger partial charge in [0.25, 0.3) is 0 Å². The van der Waals surface area contributed by atoms with Gasteiger partial charge in [0.2, 0.25) is 5.91 Å². The van der Waals surface area contributed by atoms with Crippen molar-refractivity contribution in [2.75, 3.05) is 31.5 Å². The summed E-state index contributed by atoms with van der Waals surface area (Å²) in [6.45, 7) is 6.74. The zero-order chi connectivity index (χ0) is 15.4. The van der Waals surface area contributed by atoms with E-state index in [0.29, 0.717) is 5.82 Å². The maximum atomic E-state index is 11.3. The van der Waals surface area contributed by atoms with Crippen molar-refractivity contribution in [2.45, 2.75) is 19.9 Å². The van der Waals surface area contributed by atoms with Crippen molar-refractivity contribution >= 4 is 17.8 Å². The Hall–Kier alpha value is -2.15. The predicted molar refractivity (Wildman–Crippen MR) is 78.1 cm³/mol. The highest BCUT2D eigenvalue weighted by atomic mass is 16.4. The van der Waals surface area contributed by atoms with Crippen molar-refractivity contribution in [1.82, 2.24) is 14.8 Å². The van der Waals surface area contributed by atoms with Gasteiger partial charge < -0.3 is 10.0 Å². The van der Waals surface area contributed by atoms with Gasteiger partial charge in [-0.3, -0.25) is 15.0 Å². The summed E-state index contributed by atoms with van der Waals surface area (Å²) >= 11 is 0. The van der Waals surface area contributed by atoms with Crippen LogP contribution in [-0.4, -0.2) is 58.1 Å². The second kappa shape index (κ2) is 6.53. The Morgan fingerprint density at radius 3 is 2.57 bits per heavy atom. The van der Waals surface area contributed by atoms with Crippen LogP contribution in [0.25, 0.3) is 0 Å². The predicted octanol–water partition coefficient (Wildman–Crippen LogP) is 1.40. The molecule has 1 aliphatic rings. The summed E-state index contributed by atoms with van der Waals surface area (Å²) in [5, 5.41) is 11.0. The van der Waals surface area contributed by atoms with Crippen LogP contribution in [0, 0.1) is 0 Å². The largest absolute Gasteiger partial charge is 0.465 e. The third kappa shape index (κ3) is 3.91. The molecule has 0 spiro atoms. The van der Waals surface area contributed by atoms with Crippen molar-refractivity contribution in [3.05, 3.63) is 23.9 Å². The van der Waals surface area contributed by atoms with Crippen LogP contribution in [0.2, 0.25) is 0 Å². The third-order valence-electron chi connectivity index (χ3n) is 3.81. The maximum Gasteiger partial charge on any atom is 0.410 e. The van der Waals surface area contributed by atoms with Crippen LogP contribution in [-0.2, 0) is 4.79 Å². The Balaban J connectivity index is 2.02. The molecular formula is C14H20N4O3. The molecule has 0 saturated carbocycles. The van der Waals surface area contributed by atoms with E-state index in [2.05, 4.69) is 22.1 Å². The van der Waals surface area contributed by atoms with E-state index >= 15 is 0 Å². The molecule has 0 radical (unpaired) electrons. The molecule has 1 saturated heterocycles. The molecule has 1 aromatic rings. The van der Waals surface area contributed by atoms with E-state index in [9.17, 15) is 9.59 Å². The zero-order valence-corrected chi connectivity index (χ0v) is 12.2. The van der Waals surface area contributed by atoms with E-state index in [-0.39, 0.29) is 11.9 Å². The van der Waals surface area contributed by atoms with E-state index in [1.807, 2.05) is 11.0 Å². The summed E-state index contributed by atoms with van der Waals surface area (Å²) in [6, 6.07) is 3.78. The monoisotopic (exact) mass is 292 g/mol. The molecule has 114 valence electrons. The van der Waals surface area contributed by atoms with Crippen LogP contribution in [0.5, 0.6) is 0 Å². The average molecular weight is 292 g/mol. The molecule has 2 rings (SSSR count). The molecule has 1 atom stereocenters. The molecule has 1 unspecified atom stereocenters. The van der Waals surface area contributed by atoms with Crippen molar-refractivity contribution in [3.63, 3.8) is 0 Å². The number of nitrogens with zero attached hydrogens (tertiary/aromatic N) is 3. The Morgan fingerprint density at radius 2 is 2.00 bits per heavy atom. The third-order valence-corrected chi connectivity index (χ3v) is 3.81. The lowest BCUT2D eigenvalue weighted by Crippen LogP contribution is -2.48. The van der Waals surface area contributed by atoms with Gasteiger partial charge in [0.15, 0.2) is 0 Å². The lowest BCUT2D eigenvalue weighted by molar-refractivity contribution is -0.130. The van der Waals surface area contributed by atoms with E-state index in [4.69, 9.17) is 5.11 Å². The molecular weight excluding hydrogens is 272 g/mol. The zero-order valence-electron chi connectivity index (χ0n) is 12.2. The van der Waals surface area contributed by atoms with Crippen LogP contribution in [0.1, 0.15) is 25.5 Å². The van der Waals surface area contributed by atoms with E-state index in [1.165, 1.54) is 0 Å². The quantitative estimate of drug-likeness (QED) is 0.879. The minimum Gasteiger partial charge on any atom is -0.465 e. The number of pyridine rings is 1. The second-order valence-electron chi connectivity index (χ2n) is 5.12. The number of carbonyl (C=O) groups is 2. The Kier molecular flexibility index (Phi) is 4.74. The normalized spacial score (nSPS) is 17.3. The second-order valence-corrected chi connectivity index (χ2v) is 5.12. The van der Waals surface area contributed by atoms with E-state index in [0.717, 1.165) is 31.7 Å². The fraction of sp³-hybridized carbons (Fsp3) is 0.500. The Labute approximate surface area is 123 Å². The van der Waals surface area contributed by atoms with Crippen LogP contribution < -0.4 is 5.32 Å². The summed E-state index contributed by atoms with van der Waals surface area (Å²) in [6.07, 6.45) is 0.477. The molecule has 2 N–H and O–H groups in total. The first-order valence-corrected chi connectivity index (χ1v) is 6.93. The van der Waals surface area contributed by atoms with Crippen LogP contribution >= 0.6 is 0 Å². The average Bonchev–Trinajstić information content (AvgIpc) is 2.46.